The Morgan fingerprint density at radius 2 is 1.46 bits per heavy atom. The summed E-state index contributed by atoms with van der Waals surface area (Å²) in [6, 6.07) is 22.4. The Morgan fingerprint density at radius 3 is 2.05 bits per heavy atom. The fourth-order valence-corrected chi connectivity index (χ4v) is 5.46. The summed E-state index contributed by atoms with van der Waals surface area (Å²) in [5.74, 6) is 0.893. The van der Waals surface area contributed by atoms with Crippen LogP contribution in [0.25, 0.3) is 0 Å². The molecule has 2 amide bonds. The smallest absolute Gasteiger partial charge is 0.228 e. The van der Waals surface area contributed by atoms with Gasteiger partial charge in [0, 0.05) is 49.0 Å². The van der Waals surface area contributed by atoms with Crippen LogP contribution in [0.5, 0.6) is 11.5 Å². The molecule has 2 saturated heterocycles. The Kier molecular flexibility index (Phi) is 7.24. The summed E-state index contributed by atoms with van der Waals surface area (Å²) in [5.41, 5.74) is 2.70. The molecule has 2 heterocycles. The molecule has 8 heteroatoms. The number of hydrogen-bond donors (Lipinski definition) is 0. The third-order valence-corrected chi connectivity index (χ3v) is 7.45. The number of anilines is 2. The van der Waals surface area contributed by atoms with Crippen LogP contribution in [-0.2, 0) is 9.59 Å². The van der Waals surface area contributed by atoms with Crippen LogP contribution in [0.1, 0.15) is 18.0 Å². The SMILES string of the molecule is COc1ccc([C@H]2[C@@H](C(=O)N3CCN(c4cccc(Cl)c4)CC3)CC(=O)N2c2ccc(OC)cc2)cc1. The number of benzene rings is 3. The highest BCUT2D eigenvalue weighted by atomic mass is 35.5. The molecular weight excluding hydrogens is 490 g/mol. The minimum absolute atomic E-state index is 0.0101. The molecule has 0 saturated carbocycles. The number of carbonyl (C=O) groups excluding carboxylic acids is 2. The summed E-state index contributed by atoms with van der Waals surface area (Å²) >= 11 is 6.17. The van der Waals surface area contributed by atoms with E-state index >= 15 is 0 Å². The second kappa shape index (κ2) is 10.7. The van der Waals surface area contributed by atoms with Gasteiger partial charge in [-0.1, -0.05) is 29.8 Å². The van der Waals surface area contributed by atoms with E-state index in [1.807, 2.05) is 77.7 Å². The molecule has 0 aliphatic carbocycles. The van der Waals surface area contributed by atoms with Crippen LogP contribution in [0.2, 0.25) is 5.02 Å². The number of rotatable bonds is 6. The fourth-order valence-electron chi connectivity index (χ4n) is 5.28. The van der Waals surface area contributed by atoms with Crippen LogP contribution in [0.4, 0.5) is 11.4 Å². The number of piperazine rings is 1. The molecule has 2 aliphatic rings. The Morgan fingerprint density at radius 1 is 0.838 bits per heavy atom. The van der Waals surface area contributed by atoms with Gasteiger partial charge >= 0.3 is 0 Å². The monoisotopic (exact) mass is 519 g/mol. The van der Waals surface area contributed by atoms with Crippen LogP contribution in [0, 0.1) is 5.92 Å². The Bertz CT molecular complexity index is 1260. The average Bonchev–Trinajstić information content (AvgIpc) is 3.29. The van der Waals surface area contributed by atoms with Gasteiger partial charge in [-0.05, 0) is 60.2 Å². The molecule has 2 fully saturated rings. The molecule has 5 rings (SSSR count). The summed E-state index contributed by atoms with van der Waals surface area (Å²) in [4.78, 5) is 33.2. The maximum absolute atomic E-state index is 13.9. The Balaban J connectivity index is 1.40. The molecule has 0 radical (unpaired) electrons. The molecule has 192 valence electrons. The Labute approximate surface area is 222 Å². The molecule has 0 unspecified atom stereocenters. The standard InChI is InChI=1S/C29H30ClN3O4/c1-36-24-10-6-20(7-11-24)28-26(19-27(34)33(28)22-8-12-25(37-2)13-9-22)29(35)32-16-14-31(15-17-32)23-5-3-4-21(30)18-23/h3-13,18,26,28H,14-17,19H2,1-2H3/t26-,28-/m0/s1. The van der Waals surface area contributed by atoms with Crippen molar-refractivity contribution in [2.24, 2.45) is 5.92 Å². The Hall–Kier alpha value is -3.71. The highest BCUT2D eigenvalue weighted by molar-refractivity contribution is 6.30. The lowest BCUT2D eigenvalue weighted by Crippen LogP contribution is -2.51. The van der Waals surface area contributed by atoms with Gasteiger partial charge in [0.15, 0.2) is 0 Å². The van der Waals surface area contributed by atoms with E-state index in [0.29, 0.717) is 37.0 Å². The molecule has 3 aromatic rings. The van der Waals surface area contributed by atoms with Crippen molar-refractivity contribution in [3.8, 4) is 11.5 Å². The van der Waals surface area contributed by atoms with Gasteiger partial charge in [-0.3, -0.25) is 9.59 Å². The molecule has 0 spiro atoms. The first kappa shape index (κ1) is 25.0. The van der Waals surface area contributed by atoms with E-state index in [4.69, 9.17) is 21.1 Å². The van der Waals surface area contributed by atoms with Gasteiger partial charge in [0.25, 0.3) is 0 Å². The summed E-state index contributed by atoms with van der Waals surface area (Å²) < 4.78 is 10.6. The highest BCUT2D eigenvalue weighted by Crippen LogP contribution is 2.43. The van der Waals surface area contributed by atoms with E-state index in [1.165, 1.54) is 0 Å². The van der Waals surface area contributed by atoms with Crippen molar-refractivity contribution < 1.29 is 19.1 Å². The summed E-state index contributed by atoms with van der Waals surface area (Å²) in [7, 11) is 3.23. The van der Waals surface area contributed by atoms with Crippen molar-refractivity contribution in [2.75, 3.05) is 50.2 Å². The van der Waals surface area contributed by atoms with Crippen molar-refractivity contribution in [2.45, 2.75) is 12.5 Å². The number of ether oxygens (including phenoxy) is 2. The minimum Gasteiger partial charge on any atom is -0.497 e. The van der Waals surface area contributed by atoms with Crippen molar-refractivity contribution in [1.82, 2.24) is 4.90 Å². The normalized spacial score (nSPS) is 19.8. The van der Waals surface area contributed by atoms with Crippen LogP contribution in [-0.4, -0.2) is 57.1 Å². The first-order valence-electron chi connectivity index (χ1n) is 12.4. The first-order chi connectivity index (χ1) is 18.0. The predicted octanol–water partition coefficient (Wildman–Crippen LogP) is 4.80. The molecule has 0 N–H and O–H groups in total. The van der Waals surface area contributed by atoms with E-state index in [9.17, 15) is 9.59 Å². The van der Waals surface area contributed by atoms with Crippen LogP contribution in [0.15, 0.2) is 72.8 Å². The number of hydrogen-bond acceptors (Lipinski definition) is 5. The highest BCUT2D eigenvalue weighted by Gasteiger charge is 2.46. The van der Waals surface area contributed by atoms with E-state index in [1.54, 1.807) is 19.1 Å². The van der Waals surface area contributed by atoms with Gasteiger partial charge in [-0.25, -0.2) is 0 Å². The lowest BCUT2D eigenvalue weighted by molar-refractivity contribution is -0.136. The van der Waals surface area contributed by atoms with E-state index < -0.39 is 12.0 Å². The quantitative estimate of drug-likeness (QED) is 0.468. The van der Waals surface area contributed by atoms with Crippen LogP contribution < -0.4 is 19.3 Å². The zero-order chi connectivity index (χ0) is 25.9. The second-order valence-electron chi connectivity index (χ2n) is 9.28. The van der Waals surface area contributed by atoms with E-state index in [-0.39, 0.29) is 18.2 Å². The lowest BCUT2D eigenvalue weighted by Gasteiger charge is -2.38. The number of methoxy groups -OCH3 is 2. The maximum Gasteiger partial charge on any atom is 0.228 e. The van der Waals surface area contributed by atoms with Crippen LogP contribution >= 0.6 is 11.6 Å². The second-order valence-corrected chi connectivity index (χ2v) is 9.72. The van der Waals surface area contributed by atoms with Gasteiger partial charge in [-0.2, -0.15) is 0 Å². The van der Waals surface area contributed by atoms with E-state index in [0.717, 1.165) is 22.7 Å². The van der Waals surface area contributed by atoms with Gasteiger partial charge in [0.2, 0.25) is 11.8 Å². The summed E-state index contributed by atoms with van der Waals surface area (Å²) in [6.07, 6.45) is 0.163. The van der Waals surface area contributed by atoms with Gasteiger partial charge < -0.3 is 24.2 Å². The van der Waals surface area contributed by atoms with Crippen molar-refractivity contribution >= 4 is 34.8 Å². The number of nitrogens with zero attached hydrogens (tertiary/aromatic N) is 3. The van der Waals surface area contributed by atoms with Crippen molar-refractivity contribution in [3.63, 3.8) is 0 Å². The van der Waals surface area contributed by atoms with Gasteiger partial charge in [-0.15, -0.1) is 0 Å². The maximum atomic E-state index is 13.9. The number of carbonyl (C=O) groups is 2. The predicted molar refractivity (Wildman–Crippen MR) is 145 cm³/mol. The molecule has 7 nitrogen and oxygen atoms in total. The molecule has 0 aromatic heterocycles. The molecule has 3 aromatic carbocycles. The minimum atomic E-state index is -0.485. The third kappa shape index (κ3) is 5.09. The third-order valence-electron chi connectivity index (χ3n) is 7.21. The molecule has 2 atom stereocenters. The lowest BCUT2D eigenvalue weighted by atomic mass is 9.91. The van der Waals surface area contributed by atoms with Crippen LogP contribution in [0.3, 0.4) is 0 Å². The average molecular weight is 520 g/mol. The fraction of sp³-hybridized carbons (Fsp3) is 0.310. The largest absolute Gasteiger partial charge is 0.497 e. The number of halogens is 1. The molecule has 37 heavy (non-hydrogen) atoms. The molecule has 2 aliphatic heterocycles. The van der Waals surface area contributed by atoms with E-state index in [2.05, 4.69) is 4.90 Å². The molecule has 0 bridgehead atoms. The topological polar surface area (TPSA) is 62.3 Å². The zero-order valence-electron chi connectivity index (χ0n) is 21.0. The van der Waals surface area contributed by atoms with Crippen molar-refractivity contribution in [3.05, 3.63) is 83.4 Å². The molecular formula is C29H30ClN3O4. The first-order valence-corrected chi connectivity index (χ1v) is 12.8. The van der Waals surface area contributed by atoms with Crippen molar-refractivity contribution in [1.29, 1.82) is 0 Å². The zero-order valence-corrected chi connectivity index (χ0v) is 21.7. The van der Waals surface area contributed by atoms with Gasteiger partial charge in [0.1, 0.15) is 11.5 Å². The summed E-state index contributed by atoms with van der Waals surface area (Å²) in [5, 5.41) is 0.696. The number of amides is 2. The summed E-state index contributed by atoms with van der Waals surface area (Å²) in [6.45, 7) is 2.60. The van der Waals surface area contributed by atoms with Gasteiger partial charge in [0.05, 0.1) is 26.2 Å².